The average Bonchev–Trinajstić information content (AvgIpc) is 2.45. The summed E-state index contributed by atoms with van der Waals surface area (Å²) < 4.78 is 19.1. The molecule has 2 aromatic rings. The molecule has 0 fully saturated rings. The lowest BCUT2D eigenvalue weighted by atomic mass is 10.1. The molecule has 2 aromatic carbocycles. The second kappa shape index (κ2) is 5.98. The van der Waals surface area contributed by atoms with Gasteiger partial charge in [-0.3, -0.25) is 0 Å². The highest BCUT2D eigenvalue weighted by Gasteiger charge is 2.12. The first-order valence-corrected chi connectivity index (χ1v) is 5.74. The zero-order chi connectivity index (χ0) is 13.7. The average molecular weight is 257 g/mol. The standard InChI is InChI=1S/C15H12FNO2/c16-14-6-12(9-18)7-15(13(14)8-17)19-10-11-4-2-1-3-5-11/h1-7,18H,9-10H2. The van der Waals surface area contributed by atoms with Crippen LogP contribution in [0.4, 0.5) is 4.39 Å². The molecule has 0 aliphatic carbocycles. The maximum absolute atomic E-state index is 13.6. The number of hydrogen-bond acceptors (Lipinski definition) is 3. The van der Waals surface area contributed by atoms with Crippen LogP contribution in [0.5, 0.6) is 5.75 Å². The highest BCUT2D eigenvalue weighted by Crippen LogP contribution is 2.24. The Kier molecular flexibility index (Phi) is 4.11. The van der Waals surface area contributed by atoms with Crippen molar-refractivity contribution in [1.82, 2.24) is 0 Å². The van der Waals surface area contributed by atoms with Crippen molar-refractivity contribution in [3.05, 3.63) is 65.0 Å². The van der Waals surface area contributed by atoms with E-state index < -0.39 is 5.82 Å². The minimum absolute atomic E-state index is 0.145. The molecule has 0 heterocycles. The predicted molar refractivity (Wildman–Crippen MR) is 67.8 cm³/mol. The lowest BCUT2D eigenvalue weighted by Crippen LogP contribution is -2.00. The maximum atomic E-state index is 13.6. The Balaban J connectivity index is 2.24. The van der Waals surface area contributed by atoms with Gasteiger partial charge in [0.15, 0.2) is 0 Å². The Morgan fingerprint density at radius 1 is 1.16 bits per heavy atom. The normalized spacial score (nSPS) is 9.95. The van der Waals surface area contributed by atoms with Crippen LogP contribution in [-0.4, -0.2) is 5.11 Å². The lowest BCUT2D eigenvalue weighted by Gasteiger charge is -2.10. The molecule has 0 aliphatic rings. The molecule has 1 N–H and O–H groups in total. The summed E-state index contributed by atoms with van der Waals surface area (Å²) >= 11 is 0. The van der Waals surface area contributed by atoms with Gasteiger partial charge in [0.1, 0.15) is 29.8 Å². The van der Waals surface area contributed by atoms with Gasteiger partial charge >= 0.3 is 0 Å². The fourth-order valence-corrected chi connectivity index (χ4v) is 1.68. The van der Waals surface area contributed by atoms with Crippen LogP contribution in [-0.2, 0) is 13.2 Å². The molecule has 96 valence electrons. The Morgan fingerprint density at radius 2 is 1.89 bits per heavy atom. The van der Waals surface area contributed by atoms with Gasteiger partial charge in [-0.15, -0.1) is 0 Å². The van der Waals surface area contributed by atoms with E-state index in [0.29, 0.717) is 5.56 Å². The molecular weight excluding hydrogens is 245 g/mol. The van der Waals surface area contributed by atoms with Gasteiger partial charge in [0, 0.05) is 0 Å². The van der Waals surface area contributed by atoms with E-state index in [2.05, 4.69) is 0 Å². The third-order valence-corrected chi connectivity index (χ3v) is 2.65. The molecule has 0 aromatic heterocycles. The van der Waals surface area contributed by atoms with Crippen molar-refractivity contribution in [2.45, 2.75) is 13.2 Å². The van der Waals surface area contributed by atoms with E-state index in [1.54, 1.807) is 6.07 Å². The highest BCUT2D eigenvalue weighted by molar-refractivity contribution is 5.46. The fraction of sp³-hybridized carbons (Fsp3) is 0.133. The first-order valence-electron chi connectivity index (χ1n) is 5.74. The van der Waals surface area contributed by atoms with Crippen LogP contribution in [0.25, 0.3) is 0 Å². The van der Waals surface area contributed by atoms with Crippen LogP contribution in [0, 0.1) is 17.1 Å². The van der Waals surface area contributed by atoms with Crippen molar-refractivity contribution in [3.63, 3.8) is 0 Å². The van der Waals surface area contributed by atoms with Gasteiger partial charge in [-0.2, -0.15) is 5.26 Å². The van der Waals surface area contributed by atoms with E-state index >= 15 is 0 Å². The number of ether oxygens (including phenoxy) is 1. The van der Waals surface area contributed by atoms with Crippen LogP contribution >= 0.6 is 0 Å². The van der Waals surface area contributed by atoms with Gasteiger partial charge in [-0.1, -0.05) is 30.3 Å². The smallest absolute Gasteiger partial charge is 0.145 e. The van der Waals surface area contributed by atoms with Crippen LogP contribution in [0.1, 0.15) is 16.7 Å². The first kappa shape index (κ1) is 13.1. The molecule has 0 aliphatic heterocycles. The van der Waals surface area contributed by atoms with Crippen molar-refractivity contribution < 1.29 is 14.2 Å². The van der Waals surface area contributed by atoms with Crippen molar-refractivity contribution in [2.24, 2.45) is 0 Å². The van der Waals surface area contributed by atoms with Gasteiger partial charge in [0.2, 0.25) is 0 Å². The van der Waals surface area contributed by atoms with E-state index in [1.165, 1.54) is 6.07 Å². The highest BCUT2D eigenvalue weighted by atomic mass is 19.1. The summed E-state index contributed by atoms with van der Waals surface area (Å²) in [5.41, 5.74) is 1.15. The quantitative estimate of drug-likeness (QED) is 0.916. The van der Waals surface area contributed by atoms with Crippen LogP contribution < -0.4 is 4.74 Å². The Morgan fingerprint density at radius 3 is 2.53 bits per heavy atom. The van der Waals surface area contributed by atoms with Crippen molar-refractivity contribution in [1.29, 1.82) is 5.26 Å². The minimum Gasteiger partial charge on any atom is -0.487 e. The van der Waals surface area contributed by atoms with Crippen LogP contribution in [0.15, 0.2) is 42.5 Å². The second-order valence-corrected chi connectivity index (χ2v) is 3.99. The monoisotopic (exact) mass is 257 g/mol. The predicted octanol–water partition coefficient (Wildman–Crippen LogP) is 2.77. The minimum atomic E-state index is -0.683. The van der Waals surface area contributed by atoms with Crippen molar-refractivity contribution in [2.75, 3.05) is 0 Å². The summed E-state index contributed by atoms with van der Waals surface area (Å²) in [6.45, 7) is -0.0613. The maximum Gasteiger partial charge on any atom is 0.145 e. The largest absolute Gasteiger partial charge is 0.487 e. The number of halogens is 1. The summed E-state index contributed by atoms with van der Waals surface area (Å²) in [4.78, 5) is 0. The third kappa shape index (κ3) is 3.09. The summed E-state index contributed by atoms with van der Waals surface area (Å²) in [5, 5.41) is 18.0. The number of nitriles is 1. The molecule has 3 nitrogen and oxygen atoms in total. The first-order chi connectivity index (χ1) is 9.24. The molecule has 0 atom stereocenters. The van der Waals surface area contributed by atoms with Gasteiger partial charge in [-0.05, 0) is 23.3 Å². The molecule has 19 heavy (non-hydrogen) atoms. The number of benzene rings is 2. The SMILES string of the molecule is N#Cc1c(F)cc(CO)cc1OCc1ccccc1. The van der Waals surface area contributed by atoms with Gasteiger partial charge in [0.25, 0.3) is 0 Å². The van der Waals surface area contributed by atoms with E-state index in [1.807, 2.05) is 30.3 Å². The number of aliphatic hydroxyl groups excluding tert-OH is 1. The fourth-order valence-electron chi connectivity index (χ4n) is 1.68. The summed E-state index contributed by atoms with van der Waals surface area (Å²) in [6, 6.07) is 13.8. The molecule has 2 rings (SSSR count). The van der Waals surface area contributed by atoms with Gasteiger partial charge < -0.3 is 9.84 Å². The van der Waals surface area contributed by atoms with Crippen molar-refractivity contribution in [3.8, 4) is 11.8 Å². The van der Waals surface area contributed by atoms with Gasteiger partial charge in [0.05, 0.1) is 6.61 Å². The summed E-state index contributed by atoms with van der Waals surface area (Å²) in [5.74, 6) is -0.535. The summed E-state index contributed by atoms with van der Waals surface area (Å²) in [7, 11) is 0. The molecule has 0 unspecified atom stereocenters. The molecule has 0 spiro atoms. The number of rotatable bonds is 4. The van der Waals surface area contributed by atoms with Crippen LogP contribution in [0.2, 0.25) is 0 Å². The molecule has 0 bridgehead atoms. The lowest BCUT2D eigenvalue weighted by molar-refractivity contribution is 0.276. The zero-order valence-corrected chi connectivity index (χ0v) is 10.1. The van der Waals surface area contributed by atoms with Crippen molar-refractivity contribution >= 4 is 0 Å². The molecule has 4 heteroatoms. The molecule has 0 saturated carbocycles. The molecule has 0 radical (unpaired) electrons. The second-order valence-electron chi connectivity index (χ2n) is 3.99. The molecular formula is C15H12FNO2. The Hall–Kier alpha value is -2.38. The zero-order valence-electron chi connectivity index (χ0n) is 10.1. The van der Waals surface area contributed by atoms with E-state index in [9.17, 15) is 4.39 Å². The summed E-state index contributed by atoms with van der Waals surface area (Å²) in [6.07, 6.45) is 0. The number of aliphatic hydroxyl groups is 1. The number of nitrogens with zero attached hydrogens (tertiary/aromatic N) is 1. The molecule has 0 saturated heterocycles. The van der Waals surface area contributed by atoms with E-state index in [0.717, 1.165) is 11.6 Å². The van der Waals surface area contributed by atoms with Gasteiger partial charge in [-0.25, -0.2) is 4.39 Å². The Labute approximate surface area is 110 Å². The van der Waals surface area contributed by atoms with E-state index in [-0.39, 0.29) is 24.5 Å². The van der Waals surface area contributed by atoms with Crippen LogP contribution in [0.3, 0.4) is 0 Å². The topological polar surface area (TPSA) is 53.2 Å². The Bertz CT molecular complexity index is 606. The van der Waals surface area contributed by atoms with E-state index in [4.69, 9.17) is 15.1 Å². The third-order valence-electron chi connectivity index (χ3n) is 2.65. The molecule has 0 amide bonds. The number of hydrogen-bond donors (Lipinski definition) is 1.